The first kappa shape index (κ1) is 8.46. The summed E-state index contributed by atoms with van der Waals surface area (Å²) in [6.45, 7) is 2.04. The molecule has 0 aliphatic rings. The summed E-state index contributed by atoms with van der Waals surface area (Å²) in [7, 11) is 2.02. The van der Waals surface area contributed by atoms with Crippen LogP contribution >= 0.6 is 0 Å². The van der Waals surface area contributed by atoms with Crippen LogP contribution in [0.3, 0.4) is 0 Å². The minimum Gasteiger partial charge on any atom is -0.201 e. The Balaban J connectivity index is 2.49. The summed E-state index contributed by atoms with van der Waals surface area (Å²) in [6.07, 6.45) is 3.12. The van der Waals surface area contributed by atoms with Crippen molar-refractivity contribution in [2.24, 2.45) is 7.05 Å². The van der Waals surface area contributed by atoms with Gasteiger partial charge in [-0.2, -0.15) is 0 Å². The van der Waals surface area contributed by atoms with E-state index in [1.165, 1.54) is 5.56 Å². The fraction of sp³-hybridized carbons (Fsp3) is 0.312. The van der Waals surface area contributed by atoms with Gasteiger partial charge in [0, 0.05) is 21.3 Å². The van der Waals surface area contributed by atoms with Crippen molar-refractivity contribution in [3.8, 4) is 11.3 Å². The average molecular weight is 229 g/mol. The zero-order valence-electron chi connectivity index (χ0n) is 13.6. The molecule has 0 bridgehead atoms. The third-order valence-corrected chi connectivity index (χ3v) is 3.11. The number of aromatic nitrogens is 1. The van der Waals surface area contributed by atoms with Crippen LogP contribution in [0.2, 0.25) is 0 Å². The van der Waals surface area contributed by atoms with Crippen LogP contribution in [0.15, 0.2) is 36.5 Å². The summed E-state index contributed by atoms with van der Waals surface area (Å²) in [5, 5.41) is 0. The van der Waals surface area contributed by atoms with E-state index in [0.29, 0.717) is 5.56 Å². The van der Waals surface area contributed by atoms with E-state index in [9.17, 15) is 0 Å². The van der Waals surface area contributed by atoms with Crippen LogP contribution in [-0.4, -0.2) is 0 Å². The number of rotatable bonds is 2. The van der Waals surface area contributed by atoms with Gasteiger partial charge >= 0.3 is 0 Å². The topological polar surface area (TPSA) is 3.88 Å². The molecule has 0 radical (unpaired) electrons. The summed E-state index contributed by atoms with van der Waals surface area (Å²) >= 11 is 0. The van der Waals surface area contributed by atoms with Crippen LogP contribution in [0.5, 0.6) is 0 Å². The highest BCUT2D eigenvalue weighted by molar-refractivity contribution is 5.61. The van der Waals surface area contributed by atoms with E-state index >= 15 is 0 Å². The molecule has 0 saturated carbocycles. The lowest BCUT2D eigenvalue weighted by atomic mass is 10.0. The van der Waals surface area contributed by atoms with Crippen molar-refractivity contribution < 1.29 is 8.68 Å². The molecular formula is C16H20N+. The molecule has 1 heteroatoms. The fourth-order valence-electron chi connectivity index (χ4n) is 2.10. The molecule has 1 heterocycles. The Hall–Kier alpha value is -1.63. The van der Waals surface area contributed by atoms with Gasteiger partial charge in [-0.15, -0.1) is 0 Å². The zero-order valence-corrected chi connectivity index (χ0v) is 10.6. The Bertz CT molecular complexity index is 630. The van der Waals surface area contributed by atoms with Crippen molar-refractivity contribution in [1.29, 1.82) is 0 Å². The van der Waals surface area contributed by atoms with Crippen molar-refractivity contribution in [3.05, 3.63) is 53.2 Å². The van der Waals surface area contributed by atoms with E-state index in [-0.39, 0.29) is 0 Å². The molecule has 0 aliphatic carbocycles. The normalized spacial score (nSPS) is 13.9. The lowest BCUT2D eigenvalue weighted by Crippen LogP contribution is -2.31. The minimum atomic E-state index is -2.04. The predicted molar refractivity (Wildman–Crippen MR) is 71.9 cm³/mol. The zero-order chi connectivity index (χ0) is 14.9. The SMILES string of the molecule is [2H]C([2H])([2H])c1ccc(-c2ccc(CC)c[n+]2C)c(C)c1. The summed E-state index contributed by atoms with van der Waals surface area (Å²) in [5.41, 5.74) is 4.83. The Kier molecular flexibility index (Phi) is 2.34. The monoisotopic (exact) mass is 229 g/mol. The van der Waals surface area contributed by atoms with Gasteiger partial charge in [0.25, 0.3) is 0 Å². The number of nitrogens with zero attached hydrogens (tertiary/aromatic N) is 1. The van der Waals surface area contributed by atoms with Crippen molar-refractivity contribution in [3.63, 3.8) is 0 Å². The Morgan fingerprint density at radius 3 is 2.65 bits per heavy atom. The number of hydrogen-bond acceptors (Lipinski definition) is 0. The second-order valence-corrected chi connectivity index (χ2v) is 4.42. The van der Waals surface area contributed by atoms with Crippen LogP contribution in [0.1, 0.15) is 27.7 Å². The second-order valence-electron chi connectivity index (χ2n) is 4.42. The largest absolute Gasteiger partial charge is 0.212 e. The highest BCUT2D eigenvalue weighted by atomic mass is 14.9. The summed E-state index contributed by atoms with van der Waals surface area (Å²) in [4.78, 5) is 0. The maximum absolute atomic E-state index is 7.47. The summed E-state index contributed by atoms with van der Waals surface area (Å²) in [5.74, 6) is 0. The maximum Gasteiger partial charge on any atom is 0.212 e. The van der Waals surface area contributed by atoms with E-state index in [1.807, 2.05) is 20.0 Å². The molecule has 2 rings (SSSR count). The first-order valence-electron chi connectivity index (χ1n) is 7.43. The lowest BCUT2D eigenvalue weighted by molar-refractivity contribution is -0.660. The molecule has 1 aromatic heterocycles. The third-order valence-electron chi connectivity index (χ3n) is 3.11. The van der Waals surface area contributed by atoms with Gasteiger partial charge in [0.05, 0.1) is 0 Å². The lowest BCUT2D eigenvalue weighted by Gasteiger charge is -2.06. The fourth-order valence-corrected chi connectivity index (χ4v) is 2.10. The predicted octanol–water partition coefficient (Wildman–Crippen LogP) is 3.36. The number of benzene rings is 1. The van der Waals surface area contributed by atoms with E-state index in [1.54, 1.807) is 12.1 Å². The number of hydrogen-bond donors (Lipinski definition) is 0. The molecule has 1 aromatic carbocycles. The molecule has 0 N–H and O–H groups in total. The standard InChI is InChI=1S/C16H20N/c1-5-14-7-9-16(17(4)11-14)15-8-6-12(2)10-13(15)3/h6-11H,5H2,1-4H3/q+1/i2D3. The van der Waals surface area contributed by atoms with Gasteiger partial charge in [0.1, 0.15) is 7.05 Å². The van der Waals surface area contributed by atoms with Gasteiger partial charge in [0.15, 0.2) is 6.20 Å². The molecular weight excluding hydrogens is 206 g/mol. The maximum atomic E-state index is 7.47. The van der Waals surface area contributed by atoms with Gasteiger partial charge in [0.2, 0.25) is 5.69 Å². The van der Waals surface area contributed by atoms with Gasteiger partial charge in [-0.25, -0.2) is 4.57 Å². The quantitative estimate of drug-likeness (QED) is 0.695. The molecule has 0 spiro atoms. The highest BCUT2D eigenvalue weighted by Crippen LogP contribution is 2.21. The van der Waals surface area contributed by atoms with Crippen molar-refractivity contribution in [2.45, 2.75) is 27.1 Å². The highest BCUT2D eigenvalue weighted by Gasteiger charge is 2.12. The number of pyridine rings is 1. The van der Waals surface area contributed by atoms with Crippen LogP contribution in [0.4, 0.5) is 0 Å². The Morgan fingerprint density at radius 2 is 2.06 bits per heavy atom. The summed E-state index contributed by atoms with van der Waals surface area (Å²) in [6, 6.07) is 9.57. The Morgan fingerprint density at radius 1 is 1.24 bits per heavy atom. The number of aryl methyl sites for hydroxylation is 4. The molecule has 2 aromatic rings. The molecule has 17 heavy (non-hydrogen) atoms. The van der Waals surface area contributed by atoms with Gasteiger partial charge in [-0.05, 0) is 37.9 Å². The van der Waals surface area contributed by atoms with E-state index in [0.717, 1.165) is 23.2 Å². The second kappa shape index (κ2) is 4.70. The van der Waals surface area contributed by atoms with E-state index in [4.69, 9.17) is 4.11 Å². The van der Waals surface area contributed by atoms with Crippen molar-refractivity contribution in [1.82, 2.24) is 0 Å². The molecule has 0 aliphatic heterocycles. The van der Waals surface area contributed by atoms with Gasteiger partial charge < -0.3 is 0 Å². The van der Waals surface area contributed by atoms with Crippen LogP contribution in [0, 0.1) is 13.8 Å². The molecule has 0 atom stereocenters. The molecule has 0 amide bonds. The van der Waals surface area contributed by atoms with Crippen LogP contribution < -0.4 is 4.57 Å². The molecule has 88 valence electrons. The summed E-state index contributed by atoms with van der Waals surface area (Å²) < 4.78 is 24.5. The Labute approximate surface area is 108 Å². The van der Waals surface area contributed by atoms with Crippen molar-refractivity contribution in [2.75, 3.05) is 0 Å². The molecule has 0 fully saturated rings. The van der Waals surface area contributed by atoms with Crippen LogP contribution in [0.25, 0.3) is 11.3 Å². The van der Waals surface area contributed by atoms with E-state index < -0.39 is 6.85 Å². The molecule has 1 nitrogen and oxygen atoms in total. The molecule has 0 unspecified atom stereocenters. The van der Waals surface area contributed by atoms with Gasteiger partial charge in [-0.3, -0.25) is 0 Å². The molecule has 0 saturated heterocycles. The first-order chi connectivity index (χ1) is 9.32. The average Bonchev–Trinajstić information content (AvgIpc) is 2.38. The van der Waals surface area contributed by atoms with Crippen LogP contribution in [-0.2, 0) is 13.5 Å². The van der Waals surface area contributed by atoms with Gasteiger partial charge in [-0.1, -0.05) is 24.6 Å². The first-order valence-corrected chi connectivity index (χ1v) is 5.93. The smallest absolute Gasteiger partial charge is 0.201 e. The van der Waals surface area contributed by atoms with E-state index in [2.05, 4.69) is 29.8 Å². The third kappa shape index (κ3) is 2.38. The van der Waals surface area contributed by atoms with Crippen molar-refractivity contribution >= 4 is 0 Å². The minimum absolute atomic E-state index is 0.395.